The maximum absolute atomic E-state index is 12.5. The molecule has 3 aromatic carbocycles. The number of benzene rings is 3. The molecule has 0 unspecified atom stereocenters. The lowest BCUT2D eigenvalue weighted by Crippen LogP contribution is -2.08. The van der Waals surface area contributed by atoms with E-state index in [0.717, 1.165) is 0 Å². The van der Waals surface area contributed by atoms with Gasteiger partial charge in [0.15, 0.2) is 0 Å². The van der Waals surface area contributed by atoms with Gasteiger partial charge in [0.2, 0.25) is 0 Å². The lowest BCUT2D eigenvalue weighted by molar-refractivity contribution is -0.138. The first kappa shape index (κ1) is 35.5. The average Bonchev–Trinajstić information content (AvgIpc) is 3.01. The quantitative estimate of drug-likeness (QED) is 0.0516. The number of halogens is 3. The van der Waals surface area contributed by atoms with E-state index < -0.39 is 30.5 Å². The summed E-state index contributed by atoms with van der Waals surface area (Å²) in [6, 6.07) is 17.4. The van der Waals surface area contributed by atoms with Crippen LogP contribution >= 0.6 is 0 Å². The predicted octanol–water partition coefficient (Wildman–Crippen LogP) is 7.16. The number of ether oxygens (including phenoxy) is 4. The molecule has 9 nitrogen and oxygen atoms in total. The first-order chi connectivity index (χ1) is 22.0. The first-order valence-electron chi connectivity index (χ1n) is 14.8. The van der Waals surface area contributed by atoms with Crippen molar-refractivity contribution in [2.75, 3.05) is 31.3 Å². The number of hydrogen-bond acceptors (Lipinski definition) is 9. The van der Waals surface area contributed by atoms with Gasteiger partial charge in [-0.05, 0) is 105 Å². The zero-order valence-corrected chi connectivity index (χ0v) is 25.2. The Morgan fingerprint density at radius 1 is 0.652 bits per heavy atom. The minimum Gasteiger partial charge on any atom is -0.494 e. The fourth-order valence-corrected chi connectivity index (χ4v) is 4.10. The van der Waals surface area contributed by atoms with E-state index in [2.05, 4.69) is 0 Å². The highest BCUT2D eigenvalue weighted by molar-refractivity contribution is 5.92. The van der Waals surface area contributed by atoms with Crippen molar-refractivity contribution in [3.63, 3.8) is 0 Å². The van der Waals surface area contributed by atoms with E-state index in [9.17, 15) is 27.6 Å². The molecule has 0 fully saturated rings. The van der Waals surface area contributed by atoms with Crippen molar-refractivity contribution < 1.29 is 46.5 Å². The molecule has 0 saturated heterocycles. The van der Waals surface area contributed by atoms with Crippen LogP contribution in [0.1, 0.15) is 71.2 Å². The number of hydrogen-bond donors (Lipinski definition) is 2. The smallest absolute Gasteiger partial charge is 0.389 e. The van der Waals surface area contributed by atoms with Crippen LogP contribution < -0.4 is 20.9 Å². The van der Waals surface area contributed by atoms with Crippen molar-refractivity contribution in [3.8, 4) is 11.5 Å². The highest BCUT2D eigenvalue weighted by Gasteiger charge is 2.25. The number of nitrogen functional groups attached to an aromatic ring is 2. The second-order valence-electron chi connectivity index (χ2n) is 10.3. The largest absolute Gasteiger partial charge is 0.494 e. The summed E-state index contributed by atoms with van der Waals surface area (Å²) in [5.74, 6) is -0.767. The van der Waals surface area contributed by atoms with E-state index in [4.69, 9.17) is 30.4 Å². The molecule has 0 amide bonds. The molecular weight excluding hydrogens is 605 g/mol. The van der Waals surface area contributed by atoms with Gasteiger partial charge in [-0.25, -0.2) is 14.4 Å². The molecule has 3 aromatic rings. The third-order valence-corrected chi connectivity index (χ3v) is 6.45. The molecule has 0 aromatic heterocycles. The SMILES string of the molecule is Nc1cc(N)cc(C(=O)OCCCCCOC(=O)/C=C/c2ccc(OC(=O)c3ccc(OCCCCCC(F)(F)F)cc3)cc2)c1. The number of carbonyl (C=O) groups excluding carboxylic acids is 3. The van der Waals surface area contributed by atoms with Crippen molar-refractivity contribution in [1.29, 1.82) is 0 Å². The van der Waals surface area contributed by atoms with Crippen molar-refractivity contribution in [3.05, 3.63) is 89.5 Å². The van der Waals surface area contributed by atoms with E-state index in [1.165, 1.54) is 18.2 Å². The van der Waals surface area contributed by atoms with Crippen LogP contribution in [0.5, 0.6) is 11.5 Å². The van der Waals surface area contributed by atoms with Gasteiger partial charge in [0.05, 0.1) is 30.9 Å². The molecule has 12 heteroatoms. The van der Waals surface area contributed by atoms with Crippen LogP contribution in [-0.4, -0.2) is 43.9 Å². The summed E-state index contributed by atoms with van der Waals surface area (Å²) in [6.45, 7) is 0.718. The van der Waals surface area contributed by atoms with Gasteiger partial charge in [-0.2, -0.15) is 13.2 Å². The van der Waals surface area contributed by atoms with Gasteiger partial charge in [-0.3, -0.25) is 0 Å². The van der Waals surface area contributed by atoms with Gasteiger partial charge in [0.1, 0.15) is 11.5 Å². The number of rotatable bonds is 17. The molecule has 0 radical (unpaired) electrons. The van der Waals surface area contributed by atoms with E-state index >= 15 is 0 Å². The molecule has 0 heterocycles. The Kier molecular flexibility index (Phi) is 13.9. The first-order valence-corrected chi connectivity index (χ1v) is 14.8. The van der Waals surface area contributed by atoms with Crippen LogP contribution in [-0.2, 0) is 14.3 Å². The minimum absolute atomic E-state index is 0.0658. The van der Waals surface area contributed by atoms with Gasteiger partial charge in [-0.1, -0.05) is 12.1 Å². The van der Waals surface area contributed by atoms with Crippen molar-refractivity contribution in [1.82, 2.24) is 0 Å². The highest BCUT2D eigenvalue weighted by atomic mass is 19.4. The van der Waals surface area contributed by atoms with Gasteiger partial charge >= 0.3 is 24.1 Å². The van der Waals surface area contributed by atoms with Gasteiger partial charge in [0, 0.05) is 23.9 Å². The number of alkyl halides is 3. The minimum atomic E-state index is -4.14. The van der Waals surface area contributed by atoms with Crippen LogP contribution in [0.3, 0.4) is 0 Å². The lowest BCUT2D eigenvalue weighted by atomic mass is 10.2. The number of anilines is 2. The van der Waals surface area contributed by atoms with Crippen LogP contribution in [0, 0.1) is 0 Å². The van der Waals surface area contributed by atoms with Crippen LogP contribution in [0.25, 0.3) is 6.08 Å². The summed E-state index contributed by atoms with van der Waals surface area (Å²) in [6.07, 6.45) is 0.816. The van der Waals surface area contributed by atoms with E-state index in [1.54, 1.807) is 60.7 Å². The third-order valence-electron chi connectivity index (χ3n) is 6.45. The molecule has 0 aliphatic rings. The zero-order valence-electron chi connectivity index (χ0n) is 25.2. The molecular formula is C34H37F3N2O7. The molecule has 4 N–H and O–H groups in total. The maximum atomic E-state index is 12.5. The Labute approximate surface area is 265 Å². The molecule has 0 aliphatic heterocycles. The van der Waals surface area contributed by atoms with Crippen molar-refractivity contribution in [2.24, 2.45) is 0 Å². The topological polar surface area (TPSA) is 140 Å². The summed E-state index contributed by atoms with van der Waals surface area (Å²) in [5, 5.41) is 0. The van der Waals surface area contributed by atoms with Gasteiger partial charge in [-0.15, -0.1) is 0 Å². The number of nitrogens with two attached hydrogens (primary N) is 2. The molecule has 46 heavy (non-hydrogen) atoms. The van der Waals surface area contributed by atoms with Crippen LogP contribution in [0.4, 0.5) is 24.5 Å². The predicted molar refractivity (Wildman–Crippen MR) is 167 cm³/mol. The van der Waals surface area contributed by atoms with E-state index in [1.807, 2.05) is 0 Å². The molecule has 0 aliphatic carbocycles. The molecule has 0 bridgehead atoms. The summed E-state index contributed by atoms with van der Waals surface area (Å²) in [4.78, 5) is 36.6. The Morgan fingerprint density at radius 3 is 1.89 bits per heavy atom. The van der Waals surface area contributed by atoms with Crippen molar-refractivity contribution >= 4 is 35.4 Å². The van der Waals surface area contributed by atoms with E-state index in [0.29, 0.717) is 71.7 Å². The summed E-state index contributed by atoms with van der Waals surface area (Å²) < 4.78 is 57.8. The summed E-state index contributed by atoms with van der Waals surface area (Å²) in [5.41, 5.74) is 13.4. The molecule has 0 spiro atoms. The Hall–Kier alpha value is -5.00. The average molecular weight is 643 g/mol. The Balaban J connectivity index is 1.28. The Morgan fingerprint density at radius 2 is 1.24 bits per heavy atom. The summed E-state index contributed by atoms with van der Waals surface area (Å²) >= 11 is 0. The number of unbranched alkanes of at least 4 members (excludes halogenated alkanes) is 4. The third kappa shape index (κ3) is 13.7. The fourth-order valence-electron chi connectivity index (χ4n) is 4.10. The maximum Gasteiger partial charge on any atom is 0.389 e. The fraction of sp³-hybridized carbons (Fsp3) is 0.324. The van der Waals surface area contributed by atoms with Gasteiger partial charge < -0.3 is 30.4 Å². The van der Waals surface area contributed by atoms with Crippen LogP contribution in [0.15, 0.2) is 72.8 Å². The number of esters is 3. The monoisotopic (exact) mass is 642 g/mol. The van der Waals surface area contributed by atoms with Gasteiger partial charge in [0.25, 0.3) is 0 Å². The second-order valence-corrected chi connectivity index (χ2v) is 10.3. The Bertz CT molecular complexity index is 1440. The van der Waals surface area contributed by atoms with Crippen LogP contribution in [0.2, 0.25) is 0 Å². The second kappa shape index (κ2) is 18.1. The van der Waals surface area contributed by atoms with E-state index in [-0.39, 0.29) is 26.2 Å². The molecule has 0 saturated carbocycles. The highest BCUT2D eigenvalue weighted by Crippen LogP contribution is 2.23. The molecule has 0 atom stereocenters. The zero-order chi connectivity index (χ0) is 33.4. The molecule has 246 valence electrons. The normalized spacial score (nSPS) is 11.3. The summed E-state index contributed by atoms with van der Waals surface area (Å²) in [7, 11) is 0. The standard InChI is InChI=1S/C34H37F3N2O7/c35-34(36,37)17-3-1-4-18-43-29-14-10-25(11-15-29)33(42)46-30-12-7-24(8-13-30)9-16-31(40)44-19-5-2-6-20-45-32(41)26-21-27(38)23-28(39)22-26/h7-16,21-23H,1-6,17-20,38-39H2/b16-9+. The number of carbonyl (C=O) groups is 3. The van der Waals surface area contributed by atoms with Crippen molar-refractivity contribution in [2.45, 2.75) is 51.1 Å². The lowest BCUT2D eigenvalue weighted by Gasteiger charge is -2.08. The molecule has 3 rings (SSSR count).